The van der Waals surface area contributed by atoms with Gasteiger partial charge in [-0.15, -0.1) is 0 Å². The van der Waals surface area contributed by atoms with Gasteiger partial charge in [0.05, 0.1) is 0 Å². The van der Waals surface area contributed by atoms with Crippen molar-refractivity contribution in [3.8, 4) is 0 Å². The maximum atomic E-state index is 10.5. The first-order valence-electron chi connectivity index (χ1n) is 2.95. The number of rotatable bonds is 2. The molecule has 2 amide bonds. The van der Waals surface area contributed by atoms with Crippen LogP contribution < -0.4 is 10.9 Å². The molecule has 4 N–H and O–H groups in total. The van der Waals surface area contributed by atoms with E-state index in [2.05, 4.69) is 0 Å². The number of nitrogens with one attached hydrogen (secondary N) is 2. The van der Waals surface area contributed by atoms with Crippen molar-refractivity contribution in [2.75, 3.05) is 6.61 Å². The Morgan fingerprint density at radius 2 is 2.00 bits per heavy atom. The quantitative estimate of drug-likeness (QED) is 0.337. The SMILES string of the molecule is CC(O)C(=O)NNC(=O)CO. The number of hydrazine groups is 1. The van der Waals surface area contributed by atoms with E-state index in [1.165, 1.54) is 6.92 Å². The molecular weight excluding hydrogens is 152 g/mol. The van der Waals surface area contributed by atoms with Crippen LogP contribution in [-0.4, -0.2) is 34.7 Å². The molecule has 0 saturated heterocycles. The molecule has 0 aromatic carbocycles. The largest absolute Gasteiger partial charge is 0.386 e. The van der Waals surface area contributed by atoms with Crippen molar-refractivity contribution in [2.24, 2.45) is 0 Å². The predicted molar refractivity (Wildman–Crippen MR) is 35.1 cm³/mol. The summed E-state index contributed by atoms with van der Waals surface area (Å²) in [6, 6.07) is 0. The normalized spacial score (nSPS) is 11.9. The zero-order valence-corrected chi connectivity index (χ0v) is 6.00. The van der Waals surface area contributed by atoms with E-state index in [1.807, 2.05) is 10.9 Å². The summed E-state index contributed by atoms with van der Waals surface area (Å²) < 4.78 is 0. The number of hydrogen-bond donors (Lipinski definition) is 4. The second-order valence-electron chi connectivity index (χ2n) is 1.87. The van der Waals surface area contributed by atoms with Gasteiger partial charge in [-0.1, -0.05) is 0 Å². The number of aliphatic hydroxyl groups excluding tert-OH is 2. The summed E-state index contributed by atoms with van der Waals surface area (Å²) in [6.07, 6.45) is -1.19. The highest BCUT2D eigenvalue weighted by atomic mass is 16.3. The first kappa shape index (κ1) is 9.86. The third kappa shape index (κ3) is 4.29. The Bertz CT molecular complexity index is 157. The molecule has 0 saturated carbocycles. The third-order valence-corrected chi connectivity index (χ3v) is 0.848. The highest BCUT2D eigenvalue weighted by molar-refractivity contribution is 5.84. The van der Waals surface area contributed by atoms with Crippen LogP contribution in [0.1, 0.15) is 6.92 Å². The van der Waals surface area contributed by atoms with Crippen molar-refractivity contribution in [3.05, 3.63) is 0 Å². The number of amides is 2. The average molecular weight is 162 g/mol. The van der Waals surface area contributed by atoms with Gasteiger partial charge >= 0.3 is 0 Å². The fraction of sp³-hybridized carbons (Fsp3) is 0.600. The standard InChI is InChI=1S/C5H10N2O4/c1-3(9)5(11)7-6-4(10)2-8/h3,8-9H,2H2,1H3,(H,6,10)(H,7,11). The van der Waals surface area contributed by atoms with Crippen LogP contribution in [-0.2, 0) is 9.59 Å². The molecule has 0 aromatic heterocycles. The zero-order valence-electron chi connectivity index (χ0n) is 6.00. The molecule has 6 heteroatoms. The molecule has 0 radical (unpaired) electrons. The van der Waals surface area contributed by atoms with Crippen molar-refractivity contribution in [1.82, 2.24) is 10.9 Å². The summed E-state index contributed by atoms with van der Waals surface area (Å²) in [6.45, 7) is 0.542. The van der Waals surface area contributed by atoms with Crippen LogP contribution in [0.4, 0.5) is 0 Å². The Labute approximate surface area is 63.2 Å². The van der Waals surface area contributed by atoms with Crippen molar-refractivity contribution >= 4 is 11.8 Å². The van der Waals surface area contributed by atoms with Crippen molar-refractivity contribution in [2.45, 2.75) is 13.0 Å². The topological polar surface area (TPSA) is 98.7 Å². The van der Waals surface area contributed by atoms with E-state index in [9.17, 15) is 9.59 Å². The molecule has 0 aromatic rings. The zero-order chi connectivity index (χ0) is 8.85. The lowest BCUT2D eigenvalue weighted by molar-refractivity contribution is -0.134. The molecule has 1 unspecified atom stereocenters. The van der Waals surface area contributed by atoms with Crippen LogP contribution in [0.15, 0.2) is 0 Å². The molecule has 0 aliphatic rings. The minimum Gasteiger partial charge on any atom is -0.386 e. The van der Waals surface area contributed by atoms with Gasteiger partial charge in [0.25, 0.3) is 11.8 Å². The van der Waals surface area contributed by atoms with E-state index in [1.54, 1.807) is 0 Å². The van der Waals surface area contributed by atoms with Gasteiger partial charge in [-0.2, -0.15) is 0 Å². The molecule has 6 nitrogen and oxygen atoms in total. The Morgan fingerprint density at radius 3 is 2.36 bits per heavy atom. The highest BCUT2D eigenvalue weighted by Gasteiger charge is 2.08. The second kappa shape index (κ2) is 4.64. The molecule has 0 spiro atoms. The average Bonchev–Trinajstić information content (AvgIpc) is 1.99. The van der Waals surface area contributed by atoms with Crippen LogP contribution in [0.2, 0.25) is 0 Å². The van der Waals surface area contributed by atoms with Crippen LogP contribution in [0.3, 0.4) is 0 Å². The van der Waals surface area contributed by atoms with Gasteiger partial charge in [0.2, 0.25) is 0 Å². The minimum absolute atomic E-state index is 0.708. The van der Waals surface area contributed by atoms with E-state index in [0.717, 1.165) is 0 Å². The molecule has 64 valence electrons. The van der Waals surface area contributed by atoms with Crippen molar-refractivity contribution in [3.63, 3.8) is 0 Å². The highest BCUT2D eigenvalue weighted by Crippen LogP contribution is 1.75. The van der Waals surface area contributed by atoms with Gasteiger partial charge in [0.15, 0.2) is 0 Å². The lowest BCUT2D eigenvalue weighted by Gasteiger charge is -2.06. The summed E-state index contributed by atoms with van der Waals surface area (Å²) in [5, 5.41) is 16.7. The van der Waals surface area contributed by atoms with Gasteiger partial charge < -0.3 is 10.2 Å². The van der Waals surface area contributed by atoms with Gasteiger partial charge in [-0.3, -0.25) is 20.4 Å². The molecule has 0 fully saturated rings. The van der Waals surface area contributed by atoms with E-state index >= 15 is 0 Å². The van der Waals surface area contributed by atoms with Gasteiger partial charge in [0, 0.05) is 0 Å². The van der Waals surface area contributed by atoms with Crippen molar-refractivity contribution in [1.29, 1.82) is 0 Å². The maximum absolute atomic E-state index is 10.5. The smallest absolute Gasteiger partial charge is 0.266 e. The van der Waals surface area contributed by atoms with Crippen molar-refractivity contribution < 1.29 is 19.8 Å². The molecule has 0 aliphatic heterocycles. The van der Waals surface area contributed by atoms with Crippen LogP contribution in [0.5, 0.6) is 0 Å². The molecular formula is C5H10N2O4. The lowest BCUT2D eigenvalue weighted by atomic mass is 10.4. The van der Waals surface area contributed by atoms with E-state index in [-0.39, 0.29) is 0 Å². The fourth-order valence-electron chi connectivity index (χ4n) is 0.275. The van der Waals surface area contributed by atoms with Crippen LogP contribution in [0.25, 0.3) is 0 Å². The van der Waals surface area contributed by atoms with Gasteiger partial charge in [-0.05, 0) is 6.92 Å². The monoisotopic (exact) mass is 162 g/mol. The Balaban J connectivity index is 3.54. The lowest BCUT2D eigenvalue weighted by Crippen LogP contribution is -2.46. The predicted octanol–water partition coefficient (Wildman–Crippen LogP) is -2.49. The Hall–Kier alpha value is -1.14. The number of carbonyl (C=O) groups excluding carboxylic acids is 2. The molecule has 1 atom stereocenters. The summed E-state index contributed by atoms with van der Waals surface area (Å²) in [5.74, 6) is -1.47. The summed E-state index contributed by atoms with van der Waals surface area (Å²) >= 11 is 0. The fourth-order valence-corrected chi connectivity index (χ4v) is 0.275. The molecule has 0 bridgehead atoms. The number of hydrogen-bond acceptors (Lipinski definition) is 4. The van der Waals surface area contributed by atoms with E-state index in [4.69, 9.17) is 10.2 Å². The van der Waals surface area contributed by atoms with E-state index < -0.39 is 24.5 Å². The number of carbonyl (C=O) groups is 2. The van der Waals surface area contributed by atoms with Gasteiger partial charge in [0.1, 0.15) is 12.7 Å². The molecule has 0 heterocycles. The minimum atomic E-state index is -1.19. The van der Waals surface area contributed by atoms with E-state index in [0.29, 0.717) is 0 Å². The summed E-state index contributed by atoms with van der Waals surface area (Å²) in [4.78, 5) is 20.8. The summed E-state index contributed by atoms with van der Waals surface area (Å²) in [5.41, 5.74) is 3.75. The van der Waals surface area contributed by atoms with Gasteiger partial charge in [-0.25, -0.2) is 0 Å². The van der Waals surface area contributed by atoms with Crippen LogP contribution in [0, 0.1) is 0 Å². The Morgan fingerprint density at radius 1 is 1.45 bits per heavy atom. The molecule has 0 rings (SSSR count). The molecule has 0 aliphatic carbocycles. The van der Waals surface area contributed by atoms with Crippen LogP contribution >= 0.6 is 0 Å². The maximum Gasteiger partial charge on any atom is 0.266 e. The number of aliphatic hydroxyl groups is 2. The first-order valence-corrected chi connectivity index (χ1v) is 2.95. The third-order valence-electron chi connectivity index (χ3n) is 0.848. The Kier molecular flexibility index (Phi) is 4.16. The first-order chi connectivity index (χ1) is 5.07. The molecule has 11 heavy (non-hydrogen) atoms. The second-order valence-corrected chi connectivity index (χ2v) is 1.87. The summed E-state index contributed by atoms with van der Waals surface area (Å²) in [7, 11) is 0.